The SMILES string of the molecule is C[C@H](c1ccccc1)N(Cc1nc(C(=O)N(C)Cc2ccccc2)co1)Cc1ccc(F)cc1F. The molecule has 1 atom stereocenters. The average molecular weight is 476 g/mol. The smallest absolute Gasteiger partial charge is 0.275 e. The molecule has 180 valence electrons. The summed E-state index contributed by atoms with van der Waals surface area (Å²) in [5.74, 6) is -1.15. The Morgan fingerprint density at radius 1 is 0.943 bits per heavy atom. The van der Waals surface area contributed by atoms with E-state index >= 15 is 0 Å². The van der Waals surface area contributed by atoms with Crippen molar-refractivity contribution in [1.29, 1.82) is 0 Å². The number of halogens is 2. The number of rotatable bonds is 9. The molecule has 35 heavy (non-hydrogen) atoms. The van der Waals surface area contributed by atoms with Crippen molar-refractivity contribution in [3.8, 4) is 0 Å². The fraction of sp³-hybridized carbons (Fsp3) is 0.214. The number of nitrogens with zero attached hydrogens (tertiary/aromatic N) is 3. The summed E-state index contributed by atoms with van der Waals surface area (Å²) >= 11 is 0. The molecule has 0 N–H and O–H groups in total. The zero-order valence-electron chi connectivity index (χ0n) is 19.7. The van der Waals surface area contributed by atoms with Crippen LogP contribution in [0.15, 0.2) is 89.5 Å². The first-order chi connectivity index (χ1) is 16.9. The van der Waals surface area contributed by atoms with Crippen molar-refractivity contribution in [2.24, 2.45) is 0 Å². The first-order valence-corrected chi connectivity index (χ1v) is 11.4. The lowest BCUT2D eigenvalue weighted by atomic mass is 10.1. The Hall–Kier alpha value is -3.84. The average Bonchev–Trinajstić information content (AvgIpc) is 3.34. The van der Waals surface area contributed by atoms with Gasteiger partial charge >= 0.3 is 0 Å². The summed E-state index contributed by atoms with van der Waals surface area (Å²) in [6, 6.07) is 22.9. The van der Waals surface area contributed by atoms with Crippen LogP contribution in [0.5, 0.6) is 0 Å². The first kappa shape index (κ1) is 24.3. The predicted molar refractivity (Wildman–Crippen MR) is 129 cm³/mol. The number of oxazole rings is 1. The Morgan fingerprint density at radius 2 is 1.63 bits per heavy atom. The second-order valence-corrected chi connectivity index (χ2v) is 8.50. The molecule has 0 spiro atoms. The lowest BCUT2D eigenvalue weighted by molar-refractivity contribution is 0.0779. The molecule has 7 heteroatoms. The van der Waals surface area contributed by atoms with Crippen molar-refractivity contribution < 1.29 is 18.0 Å². The van der Waals surface area contributed by atoms with E-state index in [2.05, 4.69) is 4.98 Å². The summed E-state index contributed by atoms with van der Waals surface area (Å²) in [5.41, 5.74) is 2.61. The van der Waals surface area contributed by atoms with Crippen LogP contribution < -0.4 is 0 Å². The van der Waals surface area contributed by atoms with Gasteiger partial charge in [-0.25, -0.2) is 13.8 Å². The molecule has 3 aromatic carbocycles. The second kappa shape index (κ2) is 11.1. The molecule has 0 fully saturated rings. The maximum absolute atomic E-state index is 14.4. The highest BCUT2D eigenvalue weighted by Gasteiger charge is 2.22. The molecule has 1 heterocycles. The van der Waals surface area contributed by atoms with Crippen molar-refractivity contribution in [2.75, 3.05) is 7.05 Å². The van der Waals surface area contributed by atoms with Gasteiger partial charge in [0, 0.05) is 37.8 Å². The van der Waals surface area contributed by atoms with E-state index in [4.69, 9.17) is 4.42 Å². The summed E-state index contributed by atoms with van der Waals surface area (Å²) in [7, 11) is 1.71. The minimum Gasteiger partial charge on any atom is -0.447 e. The molecule has 0 aliphatic rings. The molecule has 0 unspecified atom stereocenters. The van der Waals surface area contributed by atoms with E-state index in [1.165, 1.54) is 18.4 Å². The number of hydrogen-bond donors (Lipinski definition) is 0. The lowest BCUT2D eigenvalue weighted by Gasteiger charge is -2.28. The van der Waals surface area contributed by atoms with Crippen LogP contribution in [0.25, 0.3) is 0 Å². The Bertz CT molecular complexity index is 1260. The number of hydrogen-bond acceptors (Lipinski definition) is 4. The van der Waals surface area contributed by atoms with Gasteiger partial charge in [0.15, 0.2) is 5.69 Å². The quantitative estimate of drug-likeness (QED) is 0.298. The van der Waals surface area contributed by atoms with Crippen LogP contribution in [0, 0.1) is 11.6 Å². The van der Waals surface area contributed by atoms with Gasteiger partial charge in [0.1, 0.15) is 17.9 Å². The van der Waals surface area contributed by atoms with Gasteiger partial charge in [-0.3, -0.25) is 9.69 Å². The van der Waals surface area contributed by atoms with Gasteiger partial charge < -0.3 is 9.32 Å². The van der Waals surface area contributed by atoms with Crippen molar-refractivity contribution in [3.05, 3.63) is 125 Å². The highest BCUT2D eigenvalue weighted by atomic mass is 19.1. The van der Waals surface area contributed by atoms with E-state index in [-0.39, 0.29) is 30.7 Å². The molecular formula is C28H27F2N3O2. The van der Waals surface area contributed by atoms with Crippen LogP contribution in [0.3, 0.4) is 0 Å². The minimum absolute atomic E-state index is 0.118. The van der Waals surface area contributed by atoms with Crippen molar-refractivity contribution in [1.82, 2.24) is 14.8 Å². The van der Waals surface area contributed by atoms with Crippen molar-refractivity contribution >= 4 is 5.91 Å². The third-order valence-electron chi connectivity index (χ3n) is 5.94. The largest absolute Gasteiger partial charge is 0.447 e. The van der Waals surface area contributed by atoms with E-state index in [0.29, 0.717) is 18.0 Å². The molecule has 4 rings (SSSR count). The second-order valence-electron chi connectivity index (χ2n) is 8.50. The highest BCUT2D eigenvalue weighted by molar-refractivity contribution is 5.91. The van der Waals surface area contributed by atoms with Crippen LogP contribution in [-0.4, -0.2) is 27.7 Å². The zero-order chi connectivity index (χ0) is 24.8. The highest BCUT2D eigenvalue weighted by Crippen LogP contribution is 2.25. The molecule has 1 amide bonds. The van der Waals surface area contributed by atoms with Crippen LogP contribution in [0.4, 0.5) is 8.78 Å². The van der Waals surface area contributed by atoms with Crippen LogP contribution in [0.1, 0.15) is 46.0 Å². The van der Waals surface area contributed by atoms with Crippen molar-refractivity contribution in [3.63, 3.8) is 0 Å². The van der Waals surface area contributed by atoms with E-state index in [9.17, 15) is 13.6 Å². The van der Waals surface area contributed by atoms with Crippen LogP contribution >= 0.6 is 0 Å². The maximum atomic E-state index is 14.4. The summed E-state index contributed by atoms with van der Waals surface area (Å²) in [4.78, 5) is 20.8. The third-order valence-corrected chi connectivity index (χ3v) is 5.94. The fourth-order valence-electron chi connectivity index (χ4n) is 3.92. The molecule has 1 aromatic heterocycles. The van der Waals surface area contributed by atoms with Crippen molar-refractivity contribution in [2.45, 2.75) is 32.6 Å². The normalized spacial score (nSPS) is 12.0. The summed E-state index contributed by atoms with van der Waals surface area (Å²) in [6.45, 7) is 2.90. The molecule has 4 aromatic rings. The standard InChI is InChI=1S/C28H27F2N3O2/c1-20(22-11-7-4-8-12-22)33(17-23-13-14-24(29)15-25(23)30)18-27-31-26(19-35-27)28(34)32(2)16-21-9-5-3-6-10-21/h3-15,19-20H,16-18H2,1-2H3/t20-/m1/s1. The number of amides is 1. The van der Waals surface area contributed by atoms with E-state index in [1.807, 2.05) is 72.5 Å². The van der Waals surface area contributed by atoms with Gasteiger partial charge in [-0.05, 0) is 24.1 Å². The molecule has 0 saturated carbocycles. The Morgan fingerprint density at radius 3 is 2.31 bits per heavy atom. The minimum atomic E-state index is -0.621. The molecule has 0 aliphatic heterocycles. The molecule has 0 radical (unpaired) electrons. The molecular weight excluding hydrogens is 448 g/mol. The lowest BCUT2D eigenvalue weighted by Crippen LogP contribution is -2.28. The molecule has 5 nitrogen and oxygen atoms in total. The number of carbonyl (C=O) groups is 1. The first-order valence-electron chi connectivity index (χ1n) is 11.4. The topological polar surface area (TPSA) is 49.6 Å². The van der Waals surface area contributed by atoms with Gasteiger partial charge in [0.25, 0.3) is 5.91 Å². The summed E-state index contributed by atoms with van der Waals surface area (Å²) in [6.07, 6.45) is 1.35. The van der Waals surface area contributed by atoms with Crippen LogP contribution in [-0.2, 0) is 19.6 Å². The Labute approximate surface area is 203 Å². The number of carbonyl (C=O) groups excluding carboxylic acids is 1. The van der Waals surface area contributed by atoms with E-state index in [0.717, 1.165) is 17.2 Å². The van der Waals surface area contributed by atoms with Gasteiger partial charge in [-0.15, -0.1) is 0 Å². The monoisotopic (exact) mass is 475 g/mol. The molecule has 0 aliphatic carbocycles. The summed E-state index contributed by atoms with van der Waals surface area (Å²) < 4.78 is 33.5. The molecule has 0 bridgehead atoms. The van der Waals surface area contributed by atoms with Gasteiger partial charge in [0.2, 0.25) is 5.89 Å². The number of benzene rings is 3. The third kappa shape index (κ3) is 6.19. The predicted octanol–water partition coefficient (Wildman–Crippen LogP) is 5.99. The summed E-state index contributed by atoms with van der Waals surface area (Å²) in [5, 5.41) is 0. The fourth-order valence-corrected chi connectivity index (χ4v) is 3.92. The maximum Gasteiger partial charge on any atom is 0.275 e. The molecule has 0 saturated heterocycles. The van der Waals surface area contributed by atoms with Crippen LogP contribution in [0.2, 0.25) is 0 Å². The zero-order valence-corrected chi connectivity index (χ0v) is 19.7. The Kier molecular flexibility index (Phi) is 7.67. The van der Waals surface area contributed by atoms with Gasteiger partial charge in [-0.2, -0.15) is 0 Å². The van der Waals surface area contributed by atoms with Gasteiger partial charge in [-0.1, -0.05) is 66.7 Å². The Balaban J connectivity index is 1.52. The number of aromatic nitrogens is 1. The van der Waals surface area contributed by atoms with Gasteiger partial charge in [0.05, 0.1) is 6.54 Å². The van der Waals surface area contributed by atoms with E-state index in [1.54, 1.807) is 11.9 Å². The van der Waals surface area contributed by atoms with E-state index < -0.39 is 11.6 Å².